The summed E-state index contributed by atoms with van der Waals surface area (Å²) in [7, 11) is -4.26. The largest absolute Gasteiger partial charge is 0.492 e. The Hall–Kier alpha value is -3.37. The third-order valence-corrected chi connectivity index (χ3v) is 8.04. The highest BCUT2D eigenvalue weighted by Crippen LogP contribution is 2.39. The van der Waals surface area contributed by atoms with Gasteiger partial charge in [-0.05, 0) is 68.5 Å². The summed E-state index contributed by atoms with van der Waals surface area (Å²) in [5, 5.41) is 0.151. The van der Waals surface area contributed by atoms with Crippen molar-refractivity contribution >= 4 is 39.2 Å². The number of nitrogen functional groups attached to an aromatic ring is 1. The molecule has 1 fully saturated rings. The van der Waals surface area contributed by atoms with Gasteiger partial charge in [0.15, 0.2) is 5.03 Å². The van der Waals surface area contributed by atoms with Crippen molar-refractivity contribution in [3.63, 3.8) is 0 Å². The molecule has 3 aromatic rings. The van der Waals surface area contributed by atoms with E-state index in [1.165, 1.54) is 18.2 Å². The molecular weight excluding hydrogens is 538 g/mol. The Morgan fingerprint density at radius 3 is 2.59 bits per heavy atom. The number of nitrogens with zero attached hydrogens (tertiary/aromatic N) is 3. The van der Waals surface area contributed by atoms with Crippen molar-refractivity contribution in [3.8, 4) is 17.0 Å². The molecule has 0 spiro atoms. The van der Waals surface area contributed by atoms with Crippen LogP contribution in [0.2, 0.25) is 5.02 Å². The van der Waals surface area contributed by atoms with E-state index in [1.807, 2.05) is 12.1 Å². The number of aromatic nitrogens is 2. The van der Waals surface area contributed by atoms with Crippen LogP contribution in [0.15, 0.2) is 53.6 Å². The number of benzene rings is 1. The molecule has 2 aromatic heterocycles. The van der Waals surface area contributed by atoms with Crippen LogP contribution in [0.1, 0.15) is 51.4 Å². The van der Waals surface area contributed by atoms with Gasteiger partial charge >= 0.3 is 0 Å². The second-order valence-electron chi connectivity index (χ2n) is 11.0. The fourth-order valence-electron chi connectivity index (χ4n) is 4.79. The van der Waals surface area contributed by atoms with Crippen LogP contribution in [-0.4, -0.2) is 43.0 Å². The maximum atomic E-state index is 13.4. The summed E-state index contributed by atoms with van der Waals surface area (Å²) in [5.41, 5.74) is 6.84. The smallest absolute Gasteiger partial charge is 0.281 e. The Kier molecular flexibility index (Phi) is 8.09. The van der Waals surface area contributed by atoms with Gasteiger partial charge in [0.1, 0.15) is 17.4 Å². The number of amides is 1. The maximum Gasteiger partial charge on any atom is 0.281 e. The van der Waals surface area contributed by atoms with E-state index >= 15 is 0 Å². The number of carbonyl (C=O) groups excluding carboxylic acids is 1. The van der Waals surface area contributed by atoms with Crippen LogP contribution in [0.5, 0.6) is 5.75 Å². The van der Waals surface area contributed by atoms with Crippen molar-refractivity contribution in [3.05, 3.63) is 59.1 Å². The quantitative estimate of drug-likeness (QED) is 0.379. The summed E-state index contributed by atoms with van der Waals surface area (Å²) >= 11 is 6.37. The maximum absolute atomic E-state index is 13.4. The molecule has 1 aliphatic rings. The SMILES string of the molecule is CC(C)COc1cc(-c2ccc(C(=O)NS(=O)(=O)c3cccc(N)n3)c(N3CC(C)CC3(C)C)n2)ccc1Cl. The van der Waals surface area contributed by atoms with Crippen LogP contribution in [-0.2, 0) is 10.0 Å². The zero-order chi connectivity index (χ0) is 28.5. The molecule has 0 saturated carbocycles. The minimum absolute atomic E-state index is 0.0320. The molecule has 39 heavy (non-hydrogen) atoms. The van der Waals surface area contributed by atoms with Gasteiger partial charge in [-0.15, -0.1) is 0 Å². The first-order valence-electron chi connectivity index (χ1n) is 12.8. The van der Waals surface area contributed by atoms with Crippen LogP contribution < -0.4 is 20.1 Å². The Bertz CT molecular complexity index is 1490. The highest BCUT2D eigenvalue weighted by Gasteiger charge is 2.39. The van der Waals surface area contributed by atoms with Gasteiger partial charge in [-0.1, -0.05) is 44.5 Å². The third kappa shape index (κ3) is 6.45. The van der Waals surface area contributed by atoms with Crippen molar-refractivity contribution in [2.24, 2.45) is 11.8 Å². The number of nitrogens with one attached hydrogen (secondary N) is 1. The number of hydrogen-bond acceptors (Lipinski definition) is 8. The van der Waals surface area contributed by atoms with E-state index in [0.717, 1.165) is 12.0 Å². The third-order valence-electron chi connectivity index (χ3n) is 6.49. The van der Waals surface area contributed by atoms with Crippen molar-refractivity contribution < 1.29 is 17.9 Å². The van der Waals surface area contributed by atoms with Crippen LogP contribution >= 0.6 is 11.6 Å². The number of pyridine rings is 2. The standard InChI is InChI=1S/C28H34ClN5O4S/c1-17(2)16-38-23-13-19(9-11-21(23)29)22-12-10-20(26(31-22)34-15-18(3)14-28(34,4)5)27(35)33-39(36,37)25-8-6-7-24(30)32-25/h6-13,17-18H,14-16H2,1-5H3,(H2,30,32)(H,33,35). The van der Waals surface area contributed by atoms with E-state index in [0.29, 0.717) is 47.3 Å². The van der Waals surface area contributed by atoms with Gasteiger partial charge in [0, 0.05) is 17.6 Å². The van der Waals surface area contributed by atoms with Gasteiger partial charge in [0.05, 0.1) is 22.9 Å². The van der Waals surface area contributed by atoms with Gasteiger partial charge in [0.2, 0.25) is 0 Å². The number of sulfonamides is 1. The number of hydrogen-bond donors (Lipinski definition) is 2. The monoisotopic (exact) mass is 571 g/mol. The van der Waals surface area contributed by atoms with Crippen LogP contribution in [0.25, 0.3) is 11.3 Å². The fraction of sp³-hybridized carbons (Fsp3) is 0.393. The first-order chi connectivity index (χ1) is 18.3. The molecule has 1 atom stereocenters. The lowest BCUT2D eigenvalue weighted by Crippen LogP contribution is -2.41. The Morgan fingerprint density at radius 2 is 1.95 bits per heavy atom. The van der Waals surface area contributed by atoms with Crippen molar-refractivity contribution in [1.29, 1.82) is 0 Å². The summed E-state index contributed by atoms with van der Waals surface area (Å²) in [5.74, 6) is 0.849. The summed E-state index contributed by atoms with van der Waals surface area (Å²) in [6, 6.07) is 12.9. The lowest BCUT2D eigenvalue weighted by atomic mass is 9.97. The molecule has 3 N–H and O–H groups in total. The second-order valence-corrected chi connectivity index (χ2v) is 13.0. The number of rotatable bonds is 8. The molecule has 1 aliphatic heterocycles. The van der Waals surface area contributed by atoms with E-state index in [9.17, 15) is 13.2 Å². The Morgan fingerprint density at radius 1 is 1.21 bits per heavy atom. The number of nitrogens with two attached hydrogens (primary N) is 1. The molecule has 1 saturated heterocycles. The molecule has 0 bridgehead atoms. The van der Waals surface area contributed by atoms with Gasteiger partial charge < -0.3 is 15.4 Å². The van der Waals surface area contributed by atoms with E-state index in [1.54, 1.807) is 18.2 Å². The van der Waals surface area contributed by atoms with Crippen molar-refractivity contribution in [2.45, 2.75) is 51.6 Å². The Labute approximate surface area is 234 Å². The molecule has 0 aliphatic carbocycles. The molecule has 3 heterocycles. The molecule has 0 radical (unpaired) electrons. The normalized spacial score (nSPS) is 16.9. The lowest BCUT2D eigenvalue weighted by Gasteiger charge is -2.34. The van der Waals surface area contributed by atoms with Crippen LogP contribution in [0, 0.1) is 11.8 Å². The predicted molar refractivity (Wildman–Crippen MR) is 154 cm³/mol. The lowest BCUT2D eigenvalue weighted by molar-refractivity contribution is 0.0981. The predicted octanol–water partition coefficient (Wildman–Crippen LogP) is 5.16. The van der Waals surface area contributed by atoms with Crippen LogP contribution in [0.3, 0.4) is 0 Å². The summed E-state index contributed by atoms with van der Waals surface area (Å²) in [6.45, 7) is 11.6. The number of halogens is 1. The highest BCUT2D eigenvalue weighted by atomic mass is 35.5. The average molecular weight is 572 g/mol. The zero-order valence-electron chi connectivity index (χ0n) is 22.7. The van der Waals surface area contributed by atoms with E-state index in [2.05, 4.69) is 49.2 Å². The van der Waals surface area contributed by atoms with E-state index < -0.39 is 15.9 Å². The molecule has 208 valence electrons. The Balaban J connectivity index is 1.76. The van der Waals surface area contributed by atoms with Gasteiger partial charge in [-0.2, -0.15) is 8.42 Å². The second kappa shape index (κ2) is 11.0. The van der Waals surface area contributed by atoms with Crippen molar-refractivity contribution in [1.82, 2.24) is 14.7 Å². The molecule has 4 rings (SSSR count). The molecule has 9 nitrogen and oxygen atoms in total. The minimum Gasteiger partial charge on any atom is -0.492 e. The first kappa shape index (κ1) is 28.6. The van der Waals surface area contributed by atoms with Gasteiger partial charge in [0.25, 0.3) is 15.9 Å². The van der Waals surface area contributed by atoms with E-state index in [4.69, 9.17) is 27.1 Å². The summed E-state index contributed by atoms with van der Waals surface area (Å²) in [6.07, 6.45) is 0.889. The van der Waals surface area contributed by atoms with Crippen molar-refractivity contribution in [2.75, 3.05) is 23.8 Å². The van der Waals surface area contributed by atoms with Gasteiger partial charge in [-0.25, -0.2) is 14.7 Å². The highest BCUT2D eigenvalue weighted by molar-refractivity contribution is 7.90. The summed E-state index contributed by atoms with van der Waals surface area (Å²) < 4.78 is 33.9. The molecular formula is C28H34ClN5O4S. The average Bonchev–Trinajstić information content (AvgIpc) is 3.14. The number of anilines is 2. The number of ether oxygens (including phenoxy) is 1. The van der Waals surface area contributed by atoms with Gasteiger partial charge in [-0.3, -0.25) is 4.79 Å². The minimum atomic E-state index is -4.26. The molecule has 11 heteroatoms. The number of carbonyl (C=O) groups is 1. The van der Waals surface area contributed by atoms with E-state index in [-0.39, 0.29) is 21.9 Å². The summed E-state index contributed by atoms with van der Waals surface area (Å²) in [4.78, 5) is 24.2. The van der Waals surface area contributed by atoms with Crippen LogP contribution in [0.4, 0.5) is 11.6 Å². The molecule has 1 unspecified atom stereocenters. The topological polar surface area (TPSA) is 128 Å². The molecule has 1 amide bonds. The zero-order valence-corrected chi connectivity index (χ0v) is 24.3. The molecule has 1 aromatic carbocycles. The first-order valence-corrected chi connectivity index (χ1v) is 14.6. The fourth-order valence-corrected chi connectivity index (χ4v) is 5.91.